The zero-order valence-corrected chi connectivity index (χ0v) is 9.82. The van der Waals surface area contributed by atoms with E-state index in [1.54, 1.807) is 0 Å². The summed E-state index contributed by atoms with van der Waals surface area (Å²) in [6.07, 6.45) is 9.28. The highest BCUT2D eigenvalue weighted by Crippen LogP contribution is 2.38. The lowest BCUT2D eigenvalue weighted by Crippen LogP contribution is -2.18. The van der Waals surface area contributed by atoms with Crippen molar-refractivity contribution in [2.75, 3.05) is 0 Å². The maximum Gasteiger partial charge on any atom is 0.0514 e. The van der Waals surface area contributed by atoms with Crippen LogP contribution in [0.4, 0.5) is 0 Å². The van der Waals surface area contributed by atoms with Crippen molar-refractivity contribution < 1.29 is 0 Å². The summed E-state index contributed by atoms with van der Waals surface area (Å²) in [7, 11) is 0. The minimum atomic E-state index is 0.193. The highest BCUT2D eigenvalue weighted by atomic mass is 35.5. The Kier molecular flexibility index (Phi) is 3.85. The molecule has 1 unspecified atom stereocenters. The standard InChI is InChI=1S/C12H21Cl/c1-10(11(2)13)9-12(3)7-5-4-6-8-12/h9,11H,4-8H2,1-3H3/b10-9+. The van der Waals surface area contributed by atoms with E-state index in [2.05, 4.69) is 26.8 Å². The first kappa shape index (κ1) is 11.1. The fourth-order valence-corrected chi connectivity index (χ4v) is 2.23. The molecule has 0 radical (unpaired) electrons. The smallest absolute Gasteiger partial charge is 0.0514 e. The third-order valence-corrected chi connectivity index (χ3v) is 3.54. The Morgan fingerprint density at radius 2 is 1.85 bits per heavy atom. The van der Waals surface area contributed by atoms with E-state index in [0.29, 0.717) is 5.41 Å². The second-order valence-electron chi connectivity index (χ2n) is 4.72. The second-order valence-corrected chi connectivity index (χ2v) is 5.37. The molecule has 0 amide bonds. The van der Waals surface area contributed by atoms with Crippen LogP contribution in [-0.2, 0) is 0 Å². The van der Waals surface area contributed by atoms with Gasteiger partial charge in [0.1, 0.15) is 0 Å². The molecule has 0 spiro atoms. The molecule has 0 aromatic rings. The van der Waals surface area contributed by atoms with Gasteiger partial charge in [-0.2, -0.15) is 0 Å². The predicted octanol–water partition coefficient (Wildman–Crippen LogP) is 4.53. The van der Waals surface area contributed by atoms with E-state index < -0.39 is 0 Å². The van der Waals surface area contributed by atoms with Gasteiger partial charge in [0.2, 0.25) is 0 Å². The lowest BCUT2D eigenvalue weighted by Gasteiger charge is -2.31. The van der Waals surface area contributed by atoms with Crippen molar-refractivity contribution >= 4 is 11.6 Å². The summed E-state index contributed by atoms with van der Waals surface area (Å²) in [5.74, 6) is 0. The Hall–Kier alpha value is 0.0300. The van der Waals surface area contributed by atoms with Crippen LogP contribution in [0, 0.1) is 5.41 Å². The Labute approximate surface area is 87.4 Å². The van der Waals surface area contributed by atoms with Crippen molar-refractivity contribution in [3.8, 4) is 0 Å². The number of hydrogen-bond donors (Lipinski definition) is 0. The minimum Gasteiger partial charge on any atom is -0.119 e. The van der Waals surface area contributed by atoms with Crippen LogP contribution < -0.4 is 0 Å². The van der Waals surface area contributed by atoms with E-state index >= 15 is 0 Å². The van der Waals surface area contributed by atoms with Crippen molar-refractivity contribution in [1.29, 1.82) is 0 Å². The van der Waals surface area contributed by atoms with Crippen LogP contribution in [0.15, 0.2) is 11.6 Å². The van der Waals surface area contributed by atoms with E-state index in [0.717, 1.165) is 0 Å². The molecule has 76 valence electrons. The van der Waals surface area contributed by atoms with E-state index in [9.17, 15) is 0 Å². The van der Waals surface area contributed by atoms with E-state index in [4.69, 9.17) is 11.6 Å². The number of rotatable bonds is 2. The van der Waals surface area contributed by atoms with Crippen LogP contribution in [-0.4, -0.2) is 5.38 Å². The van der Waals surface area contributed by atoms with Crippen molar-refractivity contribution in [2.24, 2.45) is 5.41 Å². The van der Waals surface area contributed by atoms with Gasteiger partial charge in [-0.05, 0) is 32.1 Å². The second kappa shape index (κ2) is 4.50. The number of alkyl halides is 1. The zero-order valence-electron chi connectivity index (χ0n) is 9.07. The molecule has 1 atom stereocenters. The topological polar surface area (TPSA) is 0 Å². The summed E-state index contributed by atoms with van der Waals surface area (Å²) in [5.41, 5.74) is 1.77. The van der Waals surface area contributed by atoms with Gasteiger partial charge in [0.15, 0.2) is 0 Å². The summed E-state index contributed by atoms with van der Waals surface area (Å²) < 4.78 is 0. The molecule has 1 aliphatic rings. The minimum absolute atomic E-state index is 0.193. The molecular weight excluding hydrogens is 180 g/mol. The van der Waals surface area contributed by atoms with E-state index in [1.165, 1.54) is 37.7 Å². The maximum atomic E-state index is 6.04. The molecule has 0 aliphatic heterocycles. The van der Waals surface area contributed by atoms with Gasteiger partial charge in [0.05, 0.1) is 5.38 Å². The van der Waals surface area contributed by atoms with Crippen molar-refractivity contribution in [2.45, 2.75) is 58.3 Å². The Balaban J connectivity index is 2.63. The SMILES string of the molecule is C/C(=C\C1(C)CCCCC1)C(C)Cl. The first-order valence-electron chi connectivity index (χ1n) is 5.37. The van der Waals surface area contributed by atoms with Gasteiger partial charge in [-0.25, -0.2) is 0 Å². The summed E-state index contributed by atoms with van der Waals surface area (Å²) >= 11 is 6.04. The molecule has 0 bridgehead atoms. The molecule has 1 saturated carbocycles. The first-order valence-corrected chi connectivity index (χ1v) is 5.81. The fourth-order valence-electron chi connectivity index (χ4n) is 2.17. The molecule has 0 heterocycles. The van der Waals surface area contributed by atoms with Gasteiger partial charge < -0.3 is 0 Å². The molecule has 0 aromatic carbocycles. The molecular formula is C12H21Cl. The van der Waals surface area contributed by atoms with Crippen molar-refractivity contribution in [1.82, 2.24) is 0 Å². The molecule has 0 N–H and O–H groups in total. The average Bonchev–Trinajstić information content (AvgIpc) is 2.04. The normalized spacial score (nSPS) is 25.7. The van der Waals surface area contributed by atoms with Crippen LogP contribution >= 0.6 is 11.6 Å². The Morgan fingerprint density at radius 3 is 2.31 bits per heavy atom. The number of halogens is 1. The summed E-state index contributed by atoms with van der Waals surface area (Å²) in [6, 6.07) is 0. The van der Waals surface area contributed by atoms with Crippen LogP contribution in [0.5, 0.6) is 0 Å². The highest BCUT2D eigenvalue weighted by molar-refractivity contribution is 6.22. The van der Waals surface area contributed by atoms with E-state index in [-0.39, 0.29) is 5.38 Å². The maximum absolute atomic E-state index is 6.04. The van der Waals surface area contributed by atoms with Crippen LogP contribution in [0.3, 0.4) is 0 Å². The van der Waals surface area contributed by atoms with Gasteiger partial charge in [-0.15, -0.1) is 11.6 Å². The average molecular weight is 201 g/mol. The van der Waals surface area contributed by atoms with Crippen LogP contribution in [0.1, 0.15) is 52.9 Å². The number of allylic oxidation sites excluding steroid dienone is 2. The predicted molar refractivity (Wildman–Crippen MR) is 60.3 cm³/mol. The molecule has 1 fully saturated rings. The molecule has 0 saturated heterocycles. The third kappa shape index (κ3) is 3.34. The zero-order chi connectivity index (χ0) is 9.90. The van der Waals surface area contributed by atoms with Gasteiger partial charge in [-0.3, -0.25) is 0 Å². The molecule has 1 aliphatic carbocycles. The Bertz CT molecular complexity index is 185. The highest BCUT2D eigenvalue weighted by Gasteiger charge is 2.24. The monoisotopic (exact) mass is 200 g/mol. The summed E-state index contributed by atoms with van der Waals surface area (Å²) in [5, 5.41) is 0.193. The molecule has 13 heavy (non-hydrogen) atoms. The number of hydrogen-bond acceptors (Lipinski definition) is 0. The van der Waals surface area contributed by atoms with Gasteiger partial charge in [0, 0.05) is 0 Å². The van der Waals surface area contributed by atoms with Gasteiger partial charge in [-0.1, -0.05) is 37.8 Å². The van der Waals surface area contributed by atoms with Crippen molar-refractivity contribution in [3.63, 3.8) is 0 Å². The van der Waals surface area contributed by atoms with Crippen LogP contribution in [0.2, 0.25) is 0 Å². The lowest BCUT2D eigenvalue weighted by molar-refractivity contribution is 0.284. The van der Waals surface area contributed by atoms with Crippen molar-refractivity contribution in [3.05, 3.63) is 11.6 Å². The third-order valence-electron chi connectivity index (χ3n) is 3.20. The summed E-state index contributed by atoms with van der Waals surface area (Å²) in [4.78, 5) is 0. The first-order chi connectivity index (χ1) is 6.03. The molecule has 1 heteroatoms. The molecule has 0 nitrogen and oxygen atoms in total. The quantitative estimate of drug-likeness (QED) is 0.454. The van der Waals surface area contributed by atoms with Gasteiger partial charge >= 0.3 is 0 Å². The van der Waals surface area contributed by atoms with Crippen LogP contribution in [0.25, 0.3) is 0 Å². The molecule has 0 aromatic heterocycles. The lowest BCUT2D eigenvalue weighted by atomic mass is 9.74. The molecule has 1 rings (SSSR count). The van der Waals surface area contributed by atoms with Gasteiger partial charge in [0.25, 0.3) is 0 Å². The summed E-state index contributed by atoms with van der Waals surface area (Å²) in [6.45, 7) is 6.58. The fraction of sp³-hybridized carbons (Fsp3) is 0.833. The largest absolute Gasteiger partial charge is 0.119 e. The van der Waals surface area contributed by atoms with E-state index in [1.807, 2.05) is 0 Å². The Morgan fingerprint density at radius 1 is 1.31 bits per heavy atom.